The maximum atomic E-state index is 4.02. The van der Waals surface area contributed by atoms with E-state index in [4.69, 9.17) is 0 Å². The molecule has 21 heavy (non-hydrogen) atoms. The molecule has 0 fully saturated rings. The Kier molecular flexibility index (Phi) is 4.80. The van der Waals surface area contributed by atoms with E-state index < -0.39 is 0 Å². The average Bonchev–Trinajstić information content (AvgIpc) is 3.13. The Morgan fingerprint density at radius 1 is 0.714 bits per heavy atom. The van der Waals surface area contributed by atoms with Gasteiger partial charge >= 0.3 is 0 Å². The van der Waals surface area contributed by atoms with Gasteiger partial charge in [0.2, 0.25) is 0 Å². The molecule has 1 nitrogen and oxygen atoms in total. The van der Waals surface area contributed by atoms with Crippen molar-refractivity contribution < 1.29 is 0 Å². The van der Waals surface area contributed by atoms with Crippen LogP contribution in [0.15, 0.2) is 52.6 Å². The van der Waals surface area contributed by atoms with E-state index in [0.29, 0.717) is 0 Å². The molecule has 0 atom stereocenters. The summed E-state index contributed by atoms with van der Waals surface area (Å²) in [6, 6.07) is 12.5. The Balaban J connectivity index is 1.69. The largest absolute Gasteiger partial charge is 0.265 e. The van der Waals surface area contributed by atoms with Gasteiger partial charge in [0.1, 0.15) is 0 Å². The fourth-order valence-electron chi connectivity index (χ4n) is 1.78. The molecule has 0 saturated heterocycles. The second-order valence-corrected chi connectivity index (χ2v) is 7.97. The molecule has 104 valence electrons. The summed E-state index contributed by atoms with van der Waals surface area (Å²) in [6.45, 7) is 0. The molecule has 3 rings (SSSR count). The lowest BCUT2D eigenvalue weighted by Gasteiger charge is -1.89. The second kappa shape index (κ2) is 6.98. The highest BCUT2D eigenvalue weighted by Gasteiger charge is 1.96. The van der Waals surface area contributed by atoms with E-state index in [2.05, 4.69) is 69.5 Å². The molecule has 0 amide bonds. The Morgan fingerprint density at radius 2 is 1.29 bits per heavy atom. The molecule has 0 N–H and O–H groups in total. The van der Waals surface area contributed by atoms with Gasteiger partial charge in [0.25, 0.3) is 0 Å². The van der Waals surface area contributed by atoms with Gasteiger partial charge in [-0.05, 0) is 76.1 Å². The van der Waals surface area contributed by atoms with E-state index in [1.807, 2.05) is 12.1 Å². The summed E-state index contributed by atoms with van der Waals surface area (Å²) < 4.78 is 1.16. The second-order valence-electron chi connectivity index (χ2n) is 4.33. The minimum absolute atomic E-state index is 1.16. The molecular weight excluding hydrogens is 362 g/mol. The van der Waals surface area contributed by atoms with Crippen molar-refractivity contribution in [3.63, 3.8) is 0 Å². The van der Waals surface area contributed by atoms with E-state index in [9.17, 15) is 0 Å². The quantitative estimate of drug-likeness (QED) is 0.522. The Bertz CT molecular complexity index is 769. The molecule has 3 heterocycles. The molecule has 4 heteroatoms. The van der Waals surface area contributed by atoms with Crippen molar-refractivity contribution in [3.05, 3.63) is 72.8 Å². The smallest absolute Gasteiger partial charge is 0.0704 e. The van der Waals surface area contributed by atoms with Crippen LogP contribution in [0.25, 0.3) is 24.3 Å². The van der Waals surface area contributed by atoms with E-state index >= 15 is 0 Å². The summed E-state index contributed by atoms with van der Waals surface area (Å²) in [5.74, 6) is 0. The molecule has 0 aliphatic heterocycles. The molecule has 0 spiro atoms. The lowest BCUT2D eigenvalue weighted by Crippen LogP contribution is -1.71. The molecule has 0 radical (unpaired) electrons. The van der Waals surface area contributed by atoms with Gasteiger partial charge in [0, 0.05) is 27.0 Å². The topological polar surface area (TPSA) is 12.9 Å². The van der Waals surface area contributed by atoms with E-state index in [1.54, 1.807) is 35.1 Å². The monoisotopic (exact) mass is 373 g/mol. The van der Waals surface area contributed by atoms with Crippen molar-refractivity contribution in [2.24, 2.45) is 0 Å². The van der Waals surface area contributed by atoms with Crippen LogP contribution in [-0.2, 0) is 0 Å². The lowest BCUT2D eigenvalue weighted by atomic mass is 10.2. The van der Waals surface area contributed by atoms with Crippen LogP contribution < -0.4 is 0 Å². The Morgan fingerprint density at radius 3 is 1.90 bits per heavy atom. The molecule has 3 aromatic heterocycles. The van der Waals surface area contributed by atoms with Gasteiger partial charge in [0.05, 0.1) is 3.79 Å². The first-order valence-corrected chi connectivity index (χ1v) is 8.83. The zero-order chi connectivity index (χ0) is 14.5. The van der Waals surface area contributed by atoms with Gasteiger partial charge in [0.15, 0.2) is 0 Å². The Labute approximate surface area is 140 Å². The predicted molar refractivity (Wildman–Crippen MR) is 98.4 cm³/mol. The van der Waals surface area contributed by atoms with Crippen molar-refractivity contribution in [2.75, 3.05) is 0 Å². The highest BCUT2D eigenvalue weighted by Crippen LogP contribution is 2.25. The minimum atomic E-state index is 1.16. The fourth-order valence-corrected chi connectivity index (χ4v) is 3.93. The van der Waals surface area contributed by atoms with Gasteiger partial charge in [-0.1, -0.05) is 6.08 Å². The average molecular weight is 374 g/mol. The molecule has 0 aliphatic carbocycles. The van der Waals surface area contributed by atoms with Crippen molar-refractivity contribution in [2.45, 2.75) is 0 Å². The van der Waals surface area contributed by atoms with E-state index in [1.165, 1.54) is 20.2 Å². The van der Waals surface area contributed by atoms with Crippen molar-refractivity contribution >= 4 is 62.9 Å². The summed E-state index contributed by atoms with van der Waals surface area (Å²) in [7, 11) is 0. The van der Waals surface area contributed by atoms with Crippen LogP contribution in [0.5, 0.6) is 0 Å². The zero-order valence-electron chi connectivity index (χ0n) is 11.1. The number of thiophene rings is 2. The molecule has 0 saturated carbocycles. The van der Waals surface area contributed by atoms with Gasteiger partial charge < -0.3 is 0 Å². The molecule has 0 aliphatic rings. The predicted octanol–water partition coefficient (Wildman–Crippen LogP) is 6.31. The van der Waals surface area contributed by atoms with Crippen LogP contribution in [0.4, 0.5) is 0 Å². The van der Waals surface area contributed by atoms with E-state index in [-0.39, 0.29) is 0 Å². The third kappa shape index (κ3) is 4.24. The molecule has 0 bridgehead atoms. The van der Waals surface area contributed by atoms with Crippen molar-refractivity contribution in [1.82, 2.24) is 4.98 Å². The van der Waals surface area contributed by atoms with Gasteiger partial charge in [-0.2, -0.15) is 0 Å². The minimum Gasteiger partial charge on any atom is -0.265 e. The Hall–Kier alpha value is -1.49. The summed E-state index contributed by atoms with van der Waals surface area (Å²) in [6.07, 6.45) is 12.2. The normalized spacial score (nSPS) is 11.7. The maximum absolute atomic E-state index is 4.02. The molecule has 3 aromatic rings. The third-order valence-electron chi connectivity index (χ3n) is 2.80. The van der Waals surface area contributed by atoms with Crippen LogP contribution in [0, 0.1) is 0 Å². The fraction of sp³-hybridized carbons (Fsp3) is 0. The highest BCUT2D eigenvalue weighted by atomic mass is 79.9. The molecule has 0 unspecified atom stereocenters. The van der Waals surface area contributed by atoms with Crippen LogP contribution in [0.2, 0.25) is 0 Å². The third-order valence-corrected chi connectivity index (χ3v) is 5.40. The maximum Gasteiger partial charge on any atom is 0.0704 e. The SMILES string of the molecule is Brc1ccc(/C=C/c2ccc(/C=C/c3ccncc3)s2)s1. The van der Waals surface area contributed by atoms with Crippen molar-refractivity contribution in [1.29, 1.82) is 0 Å². The number of rotatable bonds is 4. The van der Waals surface area contributed by atoms with Crippen LogP contribution in [0.1, 0.15) is 20.2 Å². The summed E-state index contributed by atoms with van der Waals surface area (Å²) in [4.78, 5) is 7.78. The van der Waals surface area contributed by atoms with Gasteiger partial charge in [-0.25, -0.2) is 0 Å². The van der Waals surface area contributed by atoms with Crippen LogP contribution >= 0.6 is 38.6 Å². The first kappa shape index (κ1) is 14.4. The molecule has 0 aromatic carbocycles. The number of hydrogen-bond acceptors (Lipinski definition) is 3. The first-order chi connectivity index (χ1) is 10.3. The van der Waals surface area contributed by atoms with E-state index in [0.717, 1.165) is 3.79 Å². The number of nitrogens with zero attached hydrogens (tertiary/aromatic N) is 1. The van der Waals surface area contributed by atoms with Gasteiger partial charge in [-0.3, -0.25) is 4.98 Å². The van der Waals surface area contributed by atoms with Crippen molar-refractivity contribution in [3.8, 4) is 0 Å². The number of hydrogen-bond donors (Lipinski definition) is 0. The van der Waals surface area contributed by atoms with Gasteiger partial charge in [-0.15, -0.1) is 22.7 Å². The number of halogens is 1. The molecular formula is C17H12BrNS2. The standard InChI is InChI=1S/C17H12BrNS2/c18-17-8-7-16(21-17)6-5-15-4-3-14(20-15)2-1-13-9-11-19-12-10-13/h1-12H/b2-1+,6-5+. The van der Waals surface area contributed by atoms with Crippen LogP contribution in [0.3, 0.4) is 0 Å². The van der Waals surface area contributed by atoms with Crippen LogP contribution in [-0.4, -0.2) is 4.98 Å². The number of pyridine rings is 1. The number of aromatic nitrogens is 1. The first-order valence-electron chi connectivity index (χ1n) is 6.41. The zero-order valence-corrected chi connectivity index (χ0v) is 14.3. The summed E-state index contributed by atoms with van der Waals surface area (Å²) in [5, 5.41) is 0. The highest BCUT2D eigenvalue weighted by molar-refractivity contribution is 9.11. The lowest BCUT2D eigenvalue weighted by molar-refractivity contribution is 1.32. The summed E-state index contributed by atoms with van der Waals surface area (Å²) >= 11 is 7.00. The summed E-state index contributed by atoms with van der Waals surface area (Å²) in [5.41, 5.74) is 1.17.